The molecule has 0 amide bonds. The van der Waals surface area contributed by atoms with Crippen LogP contribution in [0.4, 0.5) is 0 Å². The van der Waals surface area contributed by atoms with Crippen molar-refractivity contribution in [3.8, 4) is 17.1 Å². The van der Waals surface area contributed by atoms with E-state index in [0.717, 1.165) is 22.3 Å². The van der Waals surface area contributed by atoms with E-state index in [4.69, 9.17) is 9.26 Å². The number of para-hydroxylation sites is 1. The number of benzene rings is 1. The summed E-state index contributed by atoms with van der Waals surface area (Å²) in [6.07, 6.45) is 1.82. The molecule has 2 heterocycles. The predicted molar refractivity (Wildman–Crippen MR) is 109 cm³/mol. The Morgan fingerprint density at radius 1 is 1.29 bits per heavy atom. The van der Waals surface area contributed by atoms with Crippen LogP contribution < -0.4 is 4.74 Å². The quantitative estimate of drug-likeness (QED) is 0.422. The highest BCUT2D eigenvalue weighted by atomic mass is 32.2. The third-order valence-corrected chi connectivity index (χ3v) is 5.19. The molecule has 148 valence electrons. The average molecular weight is 400 g/mol. The Morgan fingerprint density at radius 3 is 2.68 bits per heavy atom. The van der Waals surface area contributed by atoms with Gasteiger partial charge in [-0.3, -0.25) is 4.57 Å². The molecule has 8 heteroatoms. The molecule has 3 aromatic rings. The Hall–Kier alpha value is -2.61. The molecule has 0 aliphatic rings. The fraction of sp³-hybridized carbons (Fsp3) is 0.400. The molecular weight excluding hydrogens is 374 g/mol. The van der Waals surface area contributed by atoms with Crippen LogP contribution in [0.25, 0.3) is 11.4 Å². The van der Waals surface area contributed by atoms with E-state index in [9.17, 15) is 0 Å². The smallest absolute Gasteiger partial charge is 0.239 e. The van der Waals surface area contributed by atoms with Crippen LogP contribution in [0.15, 0.2) is 46.6 Å². The molecule has 0 radical (unpaired) electrons. The summed E-state index contributed by atoms with van der Waals surface area (Å²) in [5, 5.41) is 13.6. The maximum atomic E-state index is 5.48. The van der Waals surface area contributed by atoms with Crippen LogP contribution in [0.5, 0.6) is 5.75 Å². The van der Waals surface area contributed by atoms with Gasteiger partial charge in [0, 0.05) is 12.0 Å². The summed E-state index contributed by atoms with van der Waals surface area (Å²) in [4.78, 5) is 4.55. The Morgan fingerprint density at radius 2 is 2.04 bits per heavy atom. The van der Waals surface area contributed by atoms with Gasteiger partial charge in [-0.05, 0) is 19.1 Å². The normalized spacial score (nSPS) is 12.8. The van der Waals surface area contributed by atoms with Crippen molar-refractivity contribution in [3.63, 3.8) is 0 Å². The van der Waals surface area contributed by atoms with Gasteiger partial charge in [-0.25, -0.2) is 0 Å². The first kappa shape index (κ1) is 20.1. The number of allylic oxidation sites excluding steroid dienone is 1. The minimum Gasteiger partial charge on any atom is -0.496 e. The molecule has 0 spiro atoms. The number of ether oxygens (including phenoxy) is 1. The van der Waals surface area contributed by atoms with E-state index >= 15 is 0 Å². The van der Waals surface area contributed by atoms with E-state index in [1.54, 1.807) is 7.11 Å². The molecular formula is C20H25N5O2S. The van der Waals surface area contributed by atoms with E-state index in [2.05, 4.69) is 47.7 Å². The van der Waals surface area contributed by atoms with Gasteiger partial charge in [0.25, 0.3) is 0 Å². The second kappa shape index (κ2) is 8.18. The number of hydrogen-bond donors (Lipinski definition) is 0. The summed E-state index contributed by atoms with van der Waals surface area (Å²) in [7, 11) is 1.65. The van der Waals surface area contributed by atoms with Crippen LogP contribution in [0.2, 0.25) is 0 Å². The topological polar surface area (TPSA) is 78.9 Å². The molecule has 3 rings (SSSR count). The number of rotatable bonds is 7. The first-order chi connectivity index (χ1) is 13.3. The highest BCUT2D eigenvalue weighted by Gasteiger charge is 2.25. The minimum absolute atomic E-state index is 0.0677. The van der Waals surface area contributed by atoms with Crippen LogP contribution in [0, 0.1) is 0 Å². The molecule has 0 fully saturated rings. The van der Waals surface area contributed by atoms with Crippen molar-refractivity contribution in [2.24, 2.45) is 0 Å². The number of thioether (sulfide) groups is 1. The van der Waals surface area contributed by atoms with Gasteiger partial charge in [-0.15, -0.1) is 16.8 Å². The third kappa shape index (κ3) is 4.11. The van der Waals surface area contributed by atoms with Crippen LogP contribution in [-0.4, -0.2) is 32.0 Å². The lowest BCUT2D eigenvalue weighted by Gasteiger charge is -2.12. The summed E-state index contributed by atoms with van der Waals surface area (Å²) >= 11 is 1.52. The van der Waals surface area contributed by atoms with Crippen LogP contribution in [0.1, 0.15) is 44.7 Å². The lowest BCUT2D eigenvalue weighted by Crippen LogP contribution is -2.13. The zero-order valence-corrected chi connectivity index (χ0v) is 17.7. The van der Waals surface area contributed by atoms with Crippen molar-refractivity contribution in [1.29, 1.82) is 0 Å². The van der Waals surface area contributed by atoms with Crippen LogP contribution >= 0.6 is 11.8 Å². The lowest BCUT2D eigenvalue weighted by atomic mass is 9.96. The Bertz CT molecular complexity index is 958. The Kier molecular flexibility index (Phi) is 5.88. The molecule has 0 saturated carbocycles. The predicted octanol–water partition coefficient (Wildman–Crippen LogP) is 4.67. The number of aromatic nitrogens is 5. The van der Waals surface area contributed by atoms with Crippen molar-refractivity contribution < 1.29 is 9.26 Å². The molecule has 0 aliphatic heterocycles. The van der Waals surface area contributed by atoms with Crippen LogP contribution in [-0.2, 0) is 12.0 Å². The lowest BCUT2D eigenvalue weighted by molar-refractivity contribution is 0.364. The molecule has 7 nitrogen and oxygen atoms in total. The number of hydrogen-bond acceptors (Lipinski definition) is 7. The van der Waals surface area contributed by atoms with Crippen molar-refractivity contribution in [2.75, 3.05) is 7.11 Å². The summed E-state index contributed by atoms with van der Waals surface area (Å²) in [6, 6.07) is 7.75. The maximum Gasteiger partial charge on any atom is 0.239 e. The summed E-state index contributed by atoms with van der Waals surface area (Å²) in [5.74, 6) is 2.74. The van der Waals surface area contributed by atoms with Crippen LogP contribution in [0.3, 0.4) is 0 Å². The Balaban J connectivity index is 1.91. The second-order valence-electron chi connectivity index (χ2n) is 7.37. The molecule has 2 aromatic heterocycles. The zero-order chi connectivity index (χ0) is 20.3. The second-order valence-corrected chi connectivity index (χ2v) is 8.68. The molecule has 1 aromatic carbocycles. The van der Waals surface area contributed by atoms with E-state index in [-0.39, 0.29) is 10.7 Å². The van der Waals surface area contributed by atoms with Gasteiger partial charge in [-0.2, -0.15) is 4.98 Å². The highest BCUT2D eigenvalue weighted by Crippen LogP contribution is 2.37. The standard InChI is InChI=1S/C20H25N5O2S/c1-7-12-25-16(14-10-8-9-11-15(14)26-6)22-23-19(25)28-13(2)17-21-18(24-27-17)20(3,4)5/h7-11,13H,1,12H2,2-6H3/t13-/m0/s1. The fourth-order valence-corrected chi connectivity index (χ4v) is 3.50. The summed E-state index contributed by atoms with van der Waals surface area (Å²) < 4.78 is 13.0. The molecule has 1 atom stereocenters. The number of methoxy groups -OCH3 is 1. The summed E-state index contributed by atoms with van der Waals surface area (Å²) in [6.45, 7) is 12.6. The van der Waals surface area contributed by atoms with Crippen molar-refractivity contribution >= 4 is 11.8 Å². The molecule has 0 unspecified atom stereocenters. The SMILES string of the molecule is C=CCn1c(S[C@@H](C)c2nc(C(C)(C)C)no2)nnc1-c1ccccc1OC. The van der Waals surface area contributed by atoms with Gasteiger partial charge < -0.3 is 9.26 Å². The minimum atomic E-state index is -0.161. The van der Waals surface area contributed by atoms with Gasteiger partial charge in [0.1, 0.15) is 5.75 Å². The van der Waals surface area contributed by atoms with E-state index in [1.165, 1.54) is 11.8 Å². The third-order valence-electron chi connectivity index (χ3n) is 4.12. The van der Waals surface area contributed by atoms with Crippen molar-refractivity contribution in [1.82, 2.24) is 24.9 Å². The maximum absolute atomic E-state index is 5.48. The molecule has 0 aliphatic carbocycles. The molecule has 28 heavy (non-hydrogen) atoms. The average Bonchev–Trinajstić information content (AvgIpc) is 3.30. The molecule has 0 N–H and O–H groups in total. The summed E-state index contributed by atoms with van der Waals surface area (Å²) in [5.41, 5.74) is 0.720. The highest BCUT2D eigenvalue weighted by molar-refractivity contribution is 7.99. The first-order valence-electron chi connectivity index (χ1n) is 9.03. The van der Waals surface area contributed by atoms with Crippen molar-refractivity contribution in [3.05, 3.63) is 48.6 Å². The van der Waals surface area contributed by atoms with Crippen molar-refractivity contribution in [2.45, 2.75) is 50.1 Å². The Labute approximate surface area is 169 Å². The molecule has 0 saturated heterocycles. The number of nitrogens with zero attached hydrogens (tertiary/aromatic N) is 5. The van der Waals surface area contributed by atoms with E-state index < -0.39 is 0 Å². The van der Waals surface area contributed by atoms with Gasteiger partial charge in [0.2, 0.25) is 5.89 Å². The van der Waals surface area contributed by atoms with E-state index in [1.807, 2.05) is 41.8 Å². The van der Waals surface area contributed by atoms with Gasteiger partial charge >= 0.3 is 0 Å². The van der Waals surface area contributed by atoms with Gasteiger partial charge in [0.15, 0.2) is 16.8 Å². The first-order valence-corrected chi connectivity index (χ1v) is 9.91. The van der Waals surface area contributed by atoms with E-state index in [0.29, 0.717) is 18.3 Å². The van der Waals surface area contributed by atoms with Gasteiger partial charge in [-0.1, -0.05) is 55.9 Å². The monoisotopic (exact) mass is 399 g/mol. The largest absolute Gasteiger partial charge is 0.496 e. The molecule has 0 bridgehead atoms. The zero-order valence-electron chi connectivity index (χ0n) is 16.8. The fourth-order valence-electron chi connectivity index (χ4n) is 2.61. The van der Waals surface area contributed by atoms with Gasteiger partial charge in [0.05, 0.1) is 17.9 Å².